The smallest absolute Gasteiger partial charge is 0.0945 e. The SMILES string of the molecule is FC=c1ccc(=c2ccccc2=CF)cc1. The zero-order chi connectivity index (χ0) is 11.4. The predicted octanol–water partition coefficient (Wildman–Crippen LogP) is 2.39. The maximum absolute atomic E-state index is 12.6. The number of hydrogen-bond donors (Lipinski definition) is 0. The van der Waals surface area contributed by atoms with Crippen LogP contribution in [0.25, 0.3) is 12.7 Å². The van der Waals surface area contributed by atoms with Gasteiger partial charge in [0.05, 0.1) is 12.7 Å². The van der Waals surface area contributed by atoms with Gasteiger partial charge >= 0.3 is 0 Å². The van der Waals surface area contributed by atoms with Gasteiger partial charge in [-0.1, -0.05) is 48.5 Å². The summed E-state index contributed by atoms with van der Waals surface area (Å²) >= 11 is 0. The molecule has 0 unspecified atom stereocenters. The molecule has 16 heavy (non-hydrogen) atoms. The van der Waals surface area contributed by atoms with Crippen LogP contribution in [-0.4, -0.2) is 0 Å². The second-order valence-electron chi connectivity index (χ2n) is 3.43. The third-order valence-electron chi connectivity index (χ3n) is 2.43. The minimum Gasteiger partial charge on any atom is -0.215 e. The third kappa shape index (κ3) is 2.01. The van der Waals surface area contributed by atoms with Gasteiger partial charge in [0.15, 0.2) is 0 Å². The van der Waals surface area contributed by atoms with E-state index in [1.807, 2.05) is 12.1 Å². The highest BCUT2D eigenvalue weighted by atomic mass is 19.1. The molecule has 0 aromatic heterocycles. The van der Waals surface area contributed by atoms with E-state index in [9.17, 15) is 8.78 Å². The lowest BCUT2D eigenvalue weighted by Crippen LogP contribution is -2.02. The number of benzene rings is 2. The molecule has 2 aromatic rings. The summed E-state index contributed by atoms with van der Waals surface area (Å²) in [6.07, 6.45) is 1.11. The van der Waals surface area contributed by atoms with Crippen molar-refractivity contribution in [3.05, 3.63) is 69.4 Å². The van der Waals surface area contributed by atoms with Gasteiger partial charge in [0, 0.05) is 10.4 Å². The average Bonchev–Trinajstić information content (AvgIpc) is 2.39. The normalized spacial score (nSPS) is 11.5. The number of rotatable bonds is 0. The molecule has 0 aliphatic heterocycles. The topological polar surface area (TPSA) is 0 Å². The lowest BCUT2D eigenvalue weighted by atomic mass is 10.2. The first-order valence-electron chi connectivity index (χ1n) is 4.91. The molecular weight excluding hydrogens is 206 g/mol. The van der Waals surface area contributed by atoms with Crippen LogP contribution >= 0.6 is 0 Å². The van der Waals surface area contributed by atoms with E-state index in [1.54, 1.807) is 36.4 Å². The van der Waals surface area contributed by atoms with Gasteiger partial charge in [0.1, 0.15) is 0 Å². The summed E-state index contributed by atoms with van der Waals surface area (Å²) in [6, 6.07) is 14.0. The Morgan fingerprint density at radius 3 is 2.06 bits per heavy atom. The fourth-order valence-corrected chi connectivity index (χ4v) is 1.59. The van der Waals surface area contributed by atoms with Crippen LogP contribution in [0.3, 0.4) is 0 Å². The summed E-state index contributed by atoms with van der Waals surface area (Å²) in [5.41, 5.74) is 0. The Morgan fingerprint density at radius 1 is 0.750 bits per heavy atom. The van der Waals surface area contributed by atoms with E-state index in [-0.39, 0.29) is 0 Å². The van der Waals surface area contributed by atoms with Crippen LogP contribution < -0.4 is 10.4 Å². The van der Waals surface area contributed by atoms with Crippen molar-refractivity contribution in [1.82, 2.24) is 0 Å². The van der Waals surface area contributed by atoms with Crippen LogP contribution in [0, 0.1) is 10.4 Å². The molecule has 0 aliphatic carbocycles. The van der Waals surface area contributed by atoms with E-state index in [0.29, 0.717) is 23.1 Å². The molecule has 0 fully saturated rings. The maximum atomic E-state index is 12.6. The highest BCUT2D eigenvalue weighted by molar-refractivity contribution is 5.24. The number of hydrogen-bond acceptors (Lipinski definition) is 0. The quantitative estimate of drug-likeness (QED) is 0.634. The monoisotopic (exact) mass is 216 g/mol. The molecular formula is C14H10F2. The molecule has 0 heterocycles. The standard InChI is InChI=1S/C14H10F2/c15-9-11-5-7-12(8-6-11)14-4-2-1-3-13(14)10-16/h1-10H. The summed E-state index contributed by atoms with van der Waals surface area (Å²) < 4.78 is 24.8. The van der Waals surface area contributed by atoms with Crippen molar-refractivity contribution in [2.24, 2.45) is 0 Å². The first-order chi connectivity index (χ1) is 7.85. The molecule has 0 spiro atoms. The van der Waals surface area contributed by atoms with Crippen LogP contribution in [0.4, 0.5) is 8.78 Å². The molecule has 2 heteroatoms. The molecule has 0 saturated carbocycles. The molecule has 0 saturated heterocycles. The second kappa shape index (κ2) is 4.71. The van der Waals surface area contributed by atoms with Gasteiger partial charge in [0.2, 0.25) is 0 Å². The van der Waals surface area contributed by atoms with Crippen molar-refractivity contribution in [1.29, 1.82) is 0 Å². The van der Waals surface area contributed by atoms with E-state index in [2.05, 4.69) is 0 Å². The van der Waals surface area contributed by atoms with Gasteiger partial charge in [-0.15, -0.1) is 0 Å². The highest BCUT2D eigenvalue weighted by Crippen LogP contribution is 1.91. The predicted molar refractivity (Wildman–Crippen MR) is 61.0 cm³/mol. The van der Waals surface area contributed by atoms with Crippen molar-refractivity contribution in [3.63, 3.8) is 0 Å². The lowest BCUT2D eigenvalue weighted by Gasteiger charge is -1.90. The molecule has 2 aromatic carbocycles. The summed E-state index contributed by atoms with van der Waals surface area (Å²) in [7, 11) is 0. The minimum atomic E-state index is 0.505. The van der Waals surface area contributed by atoms with Gasteiger partial charge in [-0.2, -0.15) is 0 Å². The van der Waals surface area contributed by atoms with Crippen LogP contribution in [0.2, 0.25) is 0 Å². The van der Waals surface area contributed by atoms with Crippen LogP contribution in [-0.2, 0) is 0 Å². The van der Waals surface area contributed by atoms with Gasteiger partial charge in [-0.3, -0.25) is 0 Å². The zero-order valence-electron chi connectivity index (χ0n) is 8.53. The fraction of sp³-hybridized carbons (Fsp3) is 0. The zero-order valence-corrected chi connectivity index (χ0v) is 8.53. The summed E-state index contributed by atoms with van der Waals surface area (Å²) in [4.78, 5) is 0. The summed E-state index contributed by atoms with van der Waals surface area (Å²) in [5.74, 6) is 0. The lowest BCUT2D eigenvalue weighted by molar-refractivity contribution is 0.796. The molecule has 0 N–H and O–H groups in total. The van der Waals surface area contributed by atoms with Crippen molar-refractivity contribution >= 4 is 12.7 Å². The van der Waals surface area contributed by atoms with Gasteiger partial charge in [-0.05, 0) is 10.4 Å². The van der Waals surface area contributed by atoms with E-state index in [4.69, 9.17) is 0 Å². The molecule has 0 atom stereocenters. The Hall–Kier alpha value is -1.96. The third-order valence-corrected chi connectivity index (χ3v) is 2.43. The first-order valence-corrected chi connectivity index (χ1v) is 4.91. The fourth-order valence-electron chi connectivity index (χ4n) is 1.59. The van der Waals surface area contributed by atoms with E-state index < -0.39 is 0 Å². The van der Waals surface area contributed by atoms with Gasteiger partial charge < -0.3 is 0 Å². The van der Waals surface area contributed by atoms with Crippen LogP contribution in [0.5, 0.6) is 0 Å². The van der Waals surface area contributed by atoms with E-state index >= 15 is 0 Å². The first kappa shape index (κ1) is 10.6. The highest BCUT2D eigenvalue weighted by Gasteiger charge is 1.86. The Morgan fingerprint density at radius 2 is 1.44 bits per heavy atom. The minimum absolute atomic E-state index is 0.505. The van der Waals surface area contributed by atoms with Crippen molar-refractivity contribution < 1.29 is 8.78 Å². The maximum Gasteiger partial charge on any atom is 0.0945 e. The van der Waals surface area contributed by atoms with Crippen LogP contribution in [0.1, 0.15) is 0 Å². The molecule has 2 rings (SSSR count). The molecule has 0 bridgehead atoms. The molecule has 0 nitrogen and oxygen atoms in total. The Balaban J connectivity index is 2.92. The largest absolute Gasteiger partial charge is 0.215 e. The van der Waals surface area contributed by atoms with E-state index in [0.717, 1.165) is 10.4 Å². The van der Waals surface area contributed by atoms with E-state index in [1.165, 1.54) is 0 Å². The Kier molecular flexibility index (Phi) is 3.10. The molecule has 0 amide bonds. The van der Waals surface area contributed by atoms with Crippen molar-refractivity contribution in [2.45, 2.75) is 0 Å². The Labute approximate surface area is 91.5 Å². The van der Waals surface area contributed by atoms with Gasteiger partial charge in [0.25, 0.3) is 0 Å². The summed E-state index contributed by atoms with van der Waals surface area (Å²) in [5, 5.41) is 2.70. The Bertz CT molecular complexity index is 664. The average molecular weight is 216 g/mol. The van der Waals surface area contributed by atoms with Gasteiger partial charge in [-0.25, -0.2) is 8.78 Å². The molecule has 80 valence electrons. The van der Waals surface area contributed by atoms with Crippen molar-refractivity contribution in [2.75, 3.05) is 0 Å². The molecule has 0 aliphatic rings. The summed E-state index contributed by atoms with van der Waals surface area (Å²) in [6.45, 7) is 0. The second-order valence-corrected chi connectivity index (χ2v) is 3.43. The van der Waals surface area contributed by atoms with Crippen molar-refractivity contribution in [3.8, 4) is 0 Å². The molecule has 0 radical (unpaired) electrons. The van der Waals surface area contributed by atoms with Crippen LogP contribution in [0.15, 0.2) is 48.5 Å². The number of halogens is 2.